The Kier molecular flexibility index (Phi) is 12.4. The maximum absolute atomic E-state index is 11.1. The average molecular weight is 272 g/mol. The van der Waals surface area contributed by atoms with Crippen LogP contribution in [0.5, 0.6) is 0 Å². The van der Waals surface area contributed by atoms with Gasteiger partial charge in [0.25, 0.3) is 0 Å². The third-order valence-electron chi connectivity index (χ3n) is 2.77. The molecule has 0 spiro atoms. The van der Waals surface area contributed by atoms with E-state index in [1.807, 2.05) is 0 Å². The summed E-state index contributed by atoms with van der Waals surface area (Å²) >= 11 is 0. The van der Waals surface area contributed by atoms with Crippen molar-refractivity contribution in [2.75, 3.05) is 6.61 Å². The smallest absolute Gasteiger partial charge is 0.330 e. The lowest BCUT2D eigenvalue weighted by molar-refractivity contribution is -0.143. The van der Waals surface area contributed by atoms with E-state index in [1.54, 1.807) is 0 Å². The molecule has 0 saturated carbocycles. The van der Waals surface area contributed by atoms with E-state index in [0.717, 1.165) is 31.9 Å². The Balaban J connectivity index is 3.57. The van der Waals surface area contributed by atoms with Crippen molar-refractivity contribution < 1.29 is 14.0 Å². The number of carbonyl (C=O) groups excluding carboxylic acids is 1. The second-order valence-corrected chi connectivity index (χ2v) is 6.04. The SMILES string of the molecule is C=CC(=O)OC(CCC)CC[SiH2]OCCCCC. The van der Waals surface area contributed by atoms with E-state index in [2.05, 4.69) is 20.4 Å². The zero-order valence-corrected chi connectivity index (χ0v) is 13.4. The zero-order chi connectivity index (χ0) is 13.6. The molecule has 0 aromatic carbocycles. The van der Waals surface area contributed by atoms with Gasteiger partial charge in [-0.3, -0.25) is 0 Å². The largest absolute Gasteiger partial charge is 0.459 e. The number of rotatable bonds is 12. The van der Waals surface area contributed by atoms with Crippen molar-refractivity contribution in [2.45, 2.75) is 64.5 Å². The van der Waals surface area contributed by atoms with E-state index in [4.69, 9.17) is 9.16 Å². The molecule has 1 atom stereocenters. The van der Waals surface area contributed by atoms with Crippen molar-refractivity contribution in [3.63, 3.8) is 0 Å². The summed E-state index contributed by atoms with van der Waals surface area (Å²) in [4.78, 5) is 11.1. The van der Waals surface area contributed by atoms with Crippen molar-refractivity contribution in [1.29, 1.82) is 0 Å². The first-order valence-corrected chi connectivity index (χ1v) is 8.73. The molecule has 0 aromatic rings. The standard InChI is InChI=1S/C14H28O3Si/c1-4-7-8-11-16-18-12-10-13(9-5-2)17-14(15)6-3/h6,13H,3-5,7-12,18H2,1-2H3. The lowest BCUT2D eigenvalue weighted by Gasteiger charge is -2.16. The van der Waals surface area contributed by atoms with Crippen LogP contribution in [0.3, 0.4) is 0 Å². The molecule has 106 valence electrons. The molecule has 0 aliphatic heterocycles. The molecule has 0 aliphatic rings. The lowest BCUT2D eigenvalue weighted by Crippen LogP contribution is -2.17. The normalized spacial score (nSPS) is 12.8. The van der Waals surface area contributed by atoms with Gasteiger partial charge in [0, 0.05) is 12.7 Å². The molecule has 0 N–H and O–H groups in total. The molecule has 18 heavy (non-hydrogen) atoms. The van der Waals surface area contributed by atoms with Crippen LogP contribution in [0.25, 0.3) is 0 Å². The molecule has 0 amide bonds. The third-order valence-corrected chi connectivity index (χ3v) is 4.04. The van der Waals surface area contributed by atoms with Gasteiger partial charge in [-0.05, 0) is 25.3 Å². The Bertz CT molecular complexity index is 219. The molecule has 0 saturated heterocycles. The molecule has 0 aliphatic carbocycles. The number of esters is 1. The zero-order valence-electron chi connectivity index (χ0n) is 12.0. The van der Waals surface area contributed by atoms with Gasteiger partial charge in [0.2, 0.25) is 0 Å². The molecule has 0 bridgehead atoms. The van der Waals surface area contributed by atoms with Crippen molar-refractivity contribution >= 4 is 15.7 Å². The van der Waals surface area contributed by atoms with Gasteiger partial charge in [-0.2, -0.15) is 0 Å². The highest BCUT2D eigenvalue weighted by atomic mass is 28.2. The predicted molar refractivity (Wildman–Crippen MR) is 78.4 cm³/mol. The first-order valence-electron chi connectivity index (χ1n) is 7.15. The van der Waals surface area contributed by atoms with E-state index < -0.39 is 9.76 Å². The van der Waals surface area contributed by atoms with Gasteiger partial charge in [-0.1, -0.05) is 39.7 Å². The number of hydrogen-bond donors (Lipinski definition) is 0. The van der Waals surface area contributed by atoms with Crippen LogP contribution in [0.15, 0.2) is 12.7 Å². The van der Waals surface area contributed by atoms with Crippen LogP contribution in [0.1, 0.15) is 52.4 Å². The highest BCUT2D eigenvalue weighted by Gasteiger charge is 2.11. The van der Waals surface area contributed by atoms with Crippen LogP contribution >= 0.6 is 0 Å². The van der Waals surface area contributed by atoms with E-state index in [-0.39, 0.29) is 12.1 Å². The molecule has 4 heteroatoms. The lowest BCUT2D eigenvalue weighted by atomic mass is 10.1. The molecule has 0 fully saturated rings. The Labute approximate surface area is 114 Å². The quantitative estimate of drug-likeness (QED) is 0.237. The summed E-state index contributed by atoms with van der Waals surface area (Å²) in [7, 11) is -0.434. The summed E-state index contributed by atoms with van der Waals surface area (Å²) in [5.41, 5.74) is 0. The fourth-order valence-electron chi connectivity index (χ4n) is 1.77. The summed E-state index contributed by atoms with van der Waals surface area (Å²) in [6.45, 7) is 8.63. The molecule has 0 radical (unpaired) electrons. The molecule has 1 unspecified atom stereocenters. The minimum absolute atomic E-state index is 0.0484. The van der Waals surface area contributed by atoms with Crippen molar-refractivity contribution in [3.05, 3.63) is 12.7 Å². The Morgan fingerprint density at radius 1 is 1.28 bits per heavy atom. The van der Waals surface area contributed by atoms with Gasteiger partial charge < -0.3 is 9.16 Å². The van der Waals surface area contributed by atoms with Crippen molar-refractivity contribution in [1.82, 2.24) is 0 Å². The monoisotopic (exact) mass is 272 g/mol. The van der Waals surface area contributed by atoms with Gasteiger partial charge in [-0.25, -0.2) is 4.79 Å². The van der Waals surface area contributed by atoms with Gasteiger partial charge in [0.1, 0.15) is 6.10 Å². The first kappa shape index (κ1) is 17.4. The molecular weight excluding hydrogens is 244 g/mol. The highest BCUT2D eigenvalue weighted by Crippen LogP contribution is 2.10. The summed E-state index contributed by atoms with van der Waals surface area (Å²) in [5, 5.41) is 0. The van der Waals surface area contributed by atoms with Gasteiger partial charge >= 0.3 is 5.97 Å². The molecule has 0 rings (SSSR count). The summed E-state index contributed by atoms with van der Waals surface area (Å²) in [5.74, 6) is -0.306. The number of unbranched alkanes of at least 4 members (excludes halogenated alkanes) is 2. The molecule has 0 heterocycles. The van der Waals surface area contributed by atoms with Crippen molar-refractivity contribution in [2.24, 2.45) is 0 Å². The maximum Gasteiger partial charge on any atom is 0.330 e. The van der Waals surface area contributed by atoms with Crippen LogP contribution in [-0.2, 0) is 14.0 Å². The second kappa shape index (κ2) is 12.8. The third kappa shape index (κ3) is 10.5. The van der Waals surface area contributed by atoms with Crippen molar-refractivity contribution in [3.8, 4) is 0 Å². The Morgan fingerprint density at radius 3 is 2.67 bits per heavy atom. The van der Waals surface area contributed by atoms with Crippen LogP contribution < -0.4 is 0 Å². The highest BCUT2D eigenvalue weighted by molar-refractivity contribution is 6.27. The fraction of sp³-hybridized carbons (Fsp3) is 0.786. The minimum atomic E-state index is -0.434. The first-order chi connectivity index (χ1) is 8.74. The average Bonchev–Trinajstić information content (AvgIpc) is 2.37. The number of hydrogen-bond acceptors (Lipinski definition) is 3. The Morgan fingerprint density at radius 2 is 2.06 bits per heavy atom. The Hall–Kier alpha value is -0.613. The van der Waals surface area contributed by atoms with E-state index in [0.29, 0.717) is 0 Å². The number of ether oxygens (including phenoxy) is 1. The van der Waals surface area contributed by atoms with Crippen LogP contribution in [0.2, 0.25) is 6.04 Å². The molecular formula is C14H28O3Si. The topological polar surface area (TPSA) is 35.5 Å². The van der Waals surface area contributed by atoms with Crippen LogP contribution in [-0.4, -0.2) is 28.4 Å². The summed E-state index contributed by atoms with van der Waals surface area (Å²) in [6, 6.07) is 1.08. The van der Waals surface area contributed by atoms with Gasteiger partial charge in [-0.15, -0.1) is 0 Å². The van der Waals surface area contributed by atoms with E-state index in [9.17, 15) is 4.79 Å². The fourth-order valence-corrected chi connectivity index (χ4v) is 3.00. The van der Waals surface area contributed by atoms with Crippen LogP contribution in [0.4, 0.5) is 0 Å². The maximum atomic E-state index is 11.1. The second-order valence-electron chi connectivity index (χ2n) is 4.51. The number of carbonyl (C=O) groups is 1. The predicted octanol–water partition coefficient (Wildman–Crippen LogP) is 2.98. The molecule has 0 aromatic heterocycles. The molecule has 3 nitrogen and oxygen atoms in total. The minimum Gasteiger partial charge on any atom is -0.459 e. The summed E-state index contributed by atoms with van der Waals surface area (Å²) < 4.78 is 11.0. The van der Waals surface area contributed by atoms with Crippen LogP contribution in [0, 0.1) is 0 Å². The van der Waals surface area contributed by atoms with E-state index in [1.165, 1.54) is 25.3 Å². The van der Waals surface area contributed by atoms with Gasteiger partial charge in [0.05, 0.1) is 0 Å². The van der Waals surface area contributed by atoms with Gasteiger partial charge in [0.15, 0.2) is 9.76 Å². The summed E-state index contributed by atoms with van der Waals surface area (Å²) in [6.07, 6.45) is 7.86. The van der Waals surface area contributed by atoms with E-state index >= 15 is 0 Å².